The first-order chi connectivity index (χ1) is 6.86. The zero-order valence-electron chi connectivity index (χ0n) is 8.99. The Bertz CT molecular complexity index is 141. The fraction of sp³-hybridized carbons (Fsp3) is 1.00. The van der Waals surface area contributed by atoms with Crippen molar-refractivity contribution >= 4 is 9.52 Å². The standard InChI is InChI=1S/C8H20N2O3Si/c1-11-8(12-2)14-7-9-10-3-5-13-6-4-10/h8-9H,3-7,14H2,1-2H3. The molecule has 1 saturated heterocycles. The van der Waals surface area contributed by atoms with Gasteiger partial charge in [-0.05, 0) is 0 Å². The Morgan fingerprint density at radius 1 is 1.36 bits per heavy atom. The summed E-state index contributed by atoms with van der Waals surface area (Å²) in [7, 11) is 3.02. The number of morpholine rings is 1. The molecule has 1 N–H and O–H groups in total. The van der Waals surface area contributed by atoms with Gasteiger partial charge in [0.05, 0.1) is 13.2 Å². The molecule has 0 aromatic heterocycles. The molecule has 0 spiro atoms. The van der Waals surface area contributed by atoms with E-state index in [-0.39, 0.29) is 15.4 Å². The summed E-state index contributed by atoms with van der Waals surface area (Å²) in [6, 6.07) is 0. The lowest BCUT2D eigenvalue weighted by molar-refractivity contribution is -0.0450. The summed E-state index contributed by atoms with van der Waals surface area (Å²) in [4.78, 5) is 0. The highest BCUT2D eigenvalue weighted by Crippen LogP contribution is 1.92. The van der Waals surface area contributed by atoms with E-state index in [9.17, 15) is 0 Å². The third-order valence-corrected chi connectivity index (χ3v) is 3.90. The second-order valence-corrected chi connectivity index (χ2v) is 4.94. The van der Waals surface area contributed by atoms with E-state index in [1.54, 1.807) is 14.2 Å². The lowest BCUT2D eigenvalue weighted by atomic mass is 10.5. The van der Waals surface area contributed by atoms with E-state index in [0.717, 1.165) is 32.5 Å². The molecule has 0 aromatic carbocycles. The first-order valence-corrected chi connectivity index (χ1v) is 6.80. The van der Waals surface area contributed by atoms with Crippen LogP contribution in [0.15, 0.2) is 0 Å². The van der Waals surface area contributed by atoms with Crippen molar-refractivity contribution in [2.45, 2.75) is 5.91 Å². The number of methoxy groups -OCH3 is 2. The number of hydrogen-bond donors (Lipinski definition) is 1. The topological polar surface area (TPSA) is 43.0 Å². The largest absolute Gasteiger partial charge is 0.379 e. The summed E-state index contributed by atoms with van der Waals surface area (Å²) < 4.78 is 15.5. The number of rotatable bonds is 6. The van der Waals surface area contributed by atoms with Crippen molar-refractivity contribution in [2.75, 3.05) is 46.7 Å². The third-order valence-electron chi connectivity index (χ3n) is 2.25. The molecule has 0 atom stereocenters. The Labute approximate surface area is 87.5 Å². The Morgan fingerprint density at radius 3 is 2.57 bits per heavy atom. The van der Waals surface area contributed by atoms with Crippen molar-refractivity contribution in [3.63, 3.8) is 0 Å². The smallest absolute Gasteiger partial charge is 0.135 e. The highest BCUT2D eigenvalue weighted by molar-refractivity contribution is 6.36. The summed E-state index contributed by atoms with van der Waals surface area (Å²) in [5.41, 5.74) is 3.38. The molecule has 0 aromatic rings. The maximum absolute atomic E-state index is 5.25. The summed E-state index contributed by atoms with van der Waals surface area (Å²) in [5, 5.41) is 2.21. The molecule has 14 heavy (non-hydrogen) atoms. The van der Waals surface area contributed by atoms with Gasteiger partial charge in [0, 0.05) is 33.5 Å². The van der Waals surface area contributed by atoms with Crippen LogP contribution in [0, 0.1) is 0 Å². The van der Waals surface area contributed by atoms with Crippen LogP contribution in [0.25, 0.3) is 0 Å². The van der Waals surface area contributed by atoms with Crippen molar-refractivity contribution in [3.05, 3.63) is 0 Å². The van der Waals surface area contributed by atoms with E-state index < -0.39 is 0 Å². The molecule has 6 heteroatoms. The molecule has 84 valence electrons. The molecule has 1 heterocycles. The van der Waals surface area contributed by atoms with Gasteiger partial charge < -0.3 is 14.2 Å². The minimum Gasteiger partial charge on any atom is -0.379 e. The molecule has 0 radical (unpaired) electrons. The average Bonchev–Trinajstić information content (AvgIpc) is 2.26. The summed E-state index contributed by atoms with van der Waals surface area (Å²) in [6.45, 7) is 3.59. The fourth-order valence-electron chi connectivity index (χ4n) is 1.39. The monoisotopic (exact) mass is 220 g/mol. The van der Waals surface area contributed by atoms with Crippen molar-refractivity contribution in [1.29, 1.82) is 0 Å². The van der Waals surface area contributed by atoms with Gasteiger partial charge in [-0.1, -0.05) is 0 Å². The zero-order chi connectivity index (χ0) is 10.2. The van der Waals surface area contributed by atoms with Crippen molar-refractivity contribution in [1.82, 2.24) is 10.4 Å². The molecule has 5 nitrogen and oxygen atoms in total. The van der Waals surface area contributed by atoms with Gasteiger partial charge in [-0.15, -0.1) is 0 Å². The quantitative estimate of drug-likeness (QED) is 0.437. The summed E-state index contributed by atoms with van der Waals surface area (Å²) in [5.74, 6) is 0.0311. The first kappa shape index (κ1) is 12.1. The normalized spacial score (nSPS) is 19.9. The lowest BCUT2D eigenvalue weighted by Gasteiger charge is -2.27. The second kappa shape index (κ2) is 7.33. The first-order valence-electron chi connectivity index (χ1n) is 4.98. The lowest BCUT2D eigenvalue weighted by Crippen LogP contribution is -2.48. The Hall–Kier alpha value is 0.0169. The summed E-state index contributed by atoms with van der Waals surface area (Å²) >= 11 is 0. The van der Waals surface area contributed by atoms with E-state index in [4.69, 9.17) is 14.2 Å². The van der Waals surface area contributed by atoms with Crippen LogP contribution >= 0.6 is 0 Å². The van der Waals surface area contributed by atoms with E-state index in [2.05, 4.69) is 10.4 Å². The second-order valence-electron chi connectivity index (χ2n) is 3.20. The van der Waals surface area contributed by atoms with Crippen LogP contribution in [0.3, 0.4) is 0 Å². The zero-order valence-corrected chi connectivity index (χ0v) is 10.4. The molecule has 1 aliphatic rings. The fourth-order valence-corrected chi connectivity index (χ4v) is 2.55. The molecule has 0 bridgehead atoms. The molecule has 0 saturated carbocycles. The Morgan fingerprint density at radius 2 is 2.00 bits per heavy atom. The molecular weight excluding hydrogens is 200 g/mol. The number of nitrogens with one attached hydrogen (secondary N) is 1. The predicted molar refractivity (Wildman–Crippen MR) is 56.7 cm³/mol. The van der Waals surface area contributed by atoms with Gasteiger partial charge in [0.1, 0.15) is 15.4 Å². The van der Waals surface area contributed by atoms with Crippen LogP contribution in [-0.4, -0.2) is 67.1 Å². The van der Waals surface area contributed by atoms with Crippen molar-refractivity contribution in [2.24, 2.45) is 0 Å². The van der Waals surface area contributed by atoms with E-state index in [1.165, 1.54) is 0 Å². The van der Waals surface area contributed by atoms with E-state index in [0.29, 0.717) is 0 Å². The van der Waals surface area contributed by atoms with Crippen LogP contribution in [-0.2, 0) is 14.2 Å². The van der Waals surface area contributed by atoms with Crippen LogP contribution in [0.1, 0.15) is 0 Å². The number of nitrogens with zero attached hydrogens (tertiary/aromatic N) is 1. The van der Waals surface area contributed by atoms with Gasteiger partial charge in [0.2, 0.25) is 0 Å². The number of hydrogen-bond acceptors (Lipinski definition) is 5. The van der Waals surface area contributed by atoms with Gasteiger partial charge in [0.25, 0.3) is 0 Å². The number of ether oxygens (including phenoxy) is 3. The van der Waals surface area contributed by atoms with Gasteiger partial charge in [-0.2, -0.15) is 0 Å². The van der Waals surface area contributed by atoms with E-state index in [1.807, 2.05) is 0 Å². The van der Waals surface area contributed by atoms with Gasteiger partial charge in [-0.25, -0.2) is 5.01 Å². The van der Waals surface area contributed by atoms with Crippen LogP contribution in [0.2, 0.25) is 0 Å². The molecule has 0 unspecified atom stereocenters. The van der Waals surface area contributed by atoms with Crippen molar-refractivity contribution < 1.29 is 14.2 Å². The molecule has 1 fully saturated rings. The molecule has 0 aliphatic carbocycles. The molecule has 1 aliphatic heterocycles. The van der Waals surface area contributed by atoms with E-state index >= 15 is 0 Å². The highest BCUT2D eigenvalue weighted by Gasteiger charge is 2.11. The third kappa shape index (κ3) is 4.49. The van der Waals surface area contributed by atoms with Crippen LogP contribution in [0.4, 0.5) is 0 Å². The van der Waals surface area contributed by atoms with Gasteiger partial charge >= 0.3 is 0 Å². The molecule has 1 rings (SSSR count). The van der Waals surface area contributed by atoms with Crippen molar-refractivity contribution in [3.8, 4) is 0 Å². The minimum absolute atomic E-state index is 0.0311. The van der Waals surface area contributed by atoms with Gasteiger partial charge in [-0.3, -0.25) is 5.43 Å². The maximum atomic E-state index is 5.25. The SMILES string of the molecule is COC(OC)[SiH2]CNN1CCOCC1. The average molecular weight is 220 g/mol. The van der Waals surface area contributed by atoms with Gasteiger partial charge in [0.15, 0.2) is 0 Å². The van der Waals surface area contributed by atoms with Crippen LogP contribution in [0.5, 0.6) is 0 Å². The minimum atomic E-state index is -0.358. The Balaban J connectivity index is 2.01. The molecular formula is C8H20N2O3Si. The summed E-state index contributed by atoms with van der Waals surface area (Å²) in [6.07, 6.45) is 1.01. The Kier molecular flexibility index (Phi) is 6.33. The number of hydrazine groups is 1. The predicted octanol–water partition coefficient (Wildman–Crippen LogP) is -1.47. The molecule has 0 amide bonds. The van der Waals surface area contributed by atoms with Crippen LogP contribution < -0.4 is 5.43 Å². The highest BCUT2D eigenvalue weighted by atomic mass is 28.2. The maximum Gasteiger partial charge on any atom is 0.135 e.